The minimum Gasteiger partial charge on any atom is -0.464 e. The molecule has 1 amide bonds. The molecule has 0 radical (unpaired) electrons. The first-order valence-corrected chi connectivity index (χ1v) is 10.3. The van der Waals surface area contributed by atoms with Gasteiger partial charge in [0, 0.05) is 42.8 Å². The lowest BCUT2D eigenvalue weighted by molar-refractivity contribution is -0.158. The molecule has 1 aromatic heterocycles. The van der Waals surface area contributed by atoms with Crippen molar-refractivity contribution in [3.05, 3.63) is 65.9 Å². The van der Waals surface area contributed by atoms with Gasteiger partial charge >= 0.3 is 5.97 Å². The highest BCUT2D eigenvalue weighted by atomic mass is 16.5. The number of hydrogen-bond acceptors (Lipinski definition) is 5. The number of esters is 1. The fourth-order valence-electron chi connectivity index (χ4n) is 3.85. The maximum absolute atomic E-state index is 12.7. The van der Waals surface area contributed by atoms with E-state index in [1.54, 1.807) is 18.1 Å². The van der Waals surface area contributed by atoms with Crippen LogP contribution in [0.25, 0.3) is 11.0 Å². The number of anilines is 1. The average molecular weight is 406 g/mol. The van der Waals surface area contributed by atoms with E-state index in [-0.39, 0.29) is 12.3 Å². The molecule has 0 saturated carbocycles. The summed E-state index contributed by atoms with van der Waals surface area (Å²) >= 11 is 0. The van der Waals surface area contributed by atoms with Gasteiger partial charge in [-0.2, -0.15) is 0 Å². The van der Waals surface area contributed by atoms with Crippen molar-refractivity contribution < 1.29 is 18.7 Å². The molecule has 4 rings (SSSR count). The van der Waals surface area contributed by atoms with E-state index in [4.69, 9.17) is 9.15 Å². The number of furan rings is 1. The first-order chi connectivity index (χ1) is 14.5. The normalized spacial score (nSPS) is 15.3. The van der Waals surface area contributed by atoms with E-state index in [0.717, 1.165) is 40.9 Å². The second-order valence-corrected chi connectivity index (χ2v) is 7.72. The van der Waals surface area contributed by atoms with Crippen molar-refractivity contribution in [2.24, 2.45) is 0 Å². The zero-order valence-electron chi connectivity index (χ0n) is 17.3. The topological polar surface area (TPSA) is 63.0 Å². The van der Waals surface area contributed by atoms with E-state index >= 15 is 0 Å². The van der Waals surface area contributed by atoms with E-state index in [2.05, 4.69) is 17.0 Å². The van der Waals surface area contributed by atoms with Gasteiger partial charge in [0.1, 0.15) is 5.58 Å². The fourth-order valence-corrected chi connectivity index (χ4v) is 3.85. The number of ether oxygens (including phenoxy) is 1. The molecule has 1 fully saturated rings. The smallest absolute Gasteiger partial charge is 0.311 e. The zero-order chi connectivity index (χ0) is 21.1. The first-order valence-electron chi connectivity index (χ1n) is 10.3. The molecule has 0 aliphatic carbocycles. The third-order valence-electron chi connectivity index (χ3n) is 5.51. The molecular weight excluding hydrogens is 380 g/mol. The van der Waals surface area contributed by atoms with Crippen LogP contribution in [-0.2, 0) is 20.7 Å². The summed E-state index contributed by atoms with van der Waals surface area (Å²) in [6, 6.07) is 16.0. The van der Waals surface area contributed by atoms with Crippen molar-refractivity contribution >= 4 is 28.5 Å². The van der Waals surface area contributed by atoms with Crippen LogP contribution in [0.15, 0.2) is 59.2 Å². The molecular formula is C24H26N2O4. The van der Waals surface area contributed by atoms with Gasteiger partial charge < -0.3 is 19.0 Å². The van der Waals surface area contributed by atoms with Crippen LogP contribution < -0.4 is 4.90 Å². The molecule has 30 heavy (non-hydrogen) atoms. The van der Waals surface area contributed by atoms with Crippen LogP contribution in [0.4, 0.5) is 5.69 Å². The number of nitrogens with zero attached hydrogens (tertiary/aromatic N) is 2. The van der Waals surface area contributed by atoms with E-state index in [1.807, 2.05) is 43.3 Å². The third-order valence-corrected chi connectivity index (χ3v) is 5.51. The van der Waals surface area contributed by atoms with Gasteiger partial charge in [0.15, 0.2) is 6.10 Å². The number of fused-ring (bicyclic) bond motifs is 1. The Morgan fingerprint density at radius 1 is 1.07 bits per heavy atom. The molecule has 0 unspecified atom stereocenters. The Morgan fingerprint density at radius 3 is 2.53 bits per heavy atom. The molecule has 0 bridgehead atoms. The Bertz CT molecular complexity index is 1040. The van der Waals surface area contributed by atoms with Gasteiger partial charge in [-0.05, 0) is 37.6 Å². The second-order valence-electron chi connectivity index (χ2n) is 7.72. The summed E-state index contributed by atoms with van der Waals surface area (Å²) in [5.74, 6) is -0.578. The van der Waals surface area contributed by atoms with E-state index in [9.17, 15) is 9.59 Å². The van der Waals surface area contributed by atoms with Gasteiger partial charge in [0.25, 0.3) is 5.91 Å². The molecule has 6 nitrogen and oxygen atoms in total. The number of benzene rings is 2. The van der Waals surface area contributed by atoms with Crippen LogP contribution in [0.3, 0.4) is 0 Å². The molecule has 0 N–H and O–H groups in total. The number of hydrogen-bond donors (Lipinski definition) is 0. The van der Waals surface area contributed by atoms with Gasteiger partial charge in [0.2, 0.25) is 0 Å². The van der Waals surface area contributed by atoms with Crippen molar-refractivity contribution in [1.29, 1.82) is 0 Å². The molecule has 3 aromatic rings. The Hall–Kier alpha value is -3.28. The molecule has 1 saturated heterocycles. The monoisotopic (exact) mass is 406 g/mol. The SMILES string of the molecule is Cc1ccc2c(CC(=O)O[C@@H](C)C(=O)N3CCN(c4ccccc4)CC3)coc2c1. The third kappa shape index (κ3) is 4.32. The van der Waals surface area contributed by atoms with Crippen molar-refractivity contribution in [3.63, 3.8) is 0 Å². The molecule has 1 aliphatic heterocycles. The number of rotatable bonds is 5. The minimum absolute atomic E-state index is 0.0788. The molecule has 6 heteroatoms. The lowest BCUT2D eigenvalue weighted by atomic mass is 10.1. The van der Waals surface area contributed by atoms with E-state index in [0.29, 0.717) is 13.1 Å². The lowest BCUT2D eigenvalue weighted by Gasteiger charge is -2.37. The van der Waals surface area contributed by atoms with Crippen LogP contribution in [0, 0.1) is 6.92 Å². The Morgan fingerprint density at radius 2 is 1.80 bits per heavy atom. The Balaban J connectivity index is 1.30. The summed E-state index contributed by atoms with van der Waals surface area (Å²) < 4.78 is 11.0. The van der Waals surface area contributed by atoms with Crippen LogP contribution >= 0.6 is 0 Å². The minimum atomic E-state index is -0.804. The van der Waals surface area contributed by atoms with Gasteiger partial charge in [0.05, 0.1) is 12.7 Å². The lowest BCUT2D eigenvalue weighted by Crippen LogP contribution is -2.51. The van der Waals surface area contributed by atoms with Crippen LogP contribution in [-0.4, -0.2) is 49.1 Å². The standard InChI is InChI=1S/C24H26N2O4/c1-17-8-9-21-19(16-29-22(21)14-17)15-23(27)30-18(2)24(28)26-12-10-25(11-13-26)20-6-4-3-5-7-20/h3-9,14,16,18H,10-13,15H2,1-2H3/t18-/m0/s1. The van der Waals surface area contributed by atoms with Gasteiger partial charge in [-0.1, -0.05) is 30.3 Å². The maximum Gasteiger partial charge on any atom is 0.311 e. The molecule has 1 aliphatic rings. The Labute approximate surface area is 176 Å². The molecule has 2 heterocycles. The number of carbonyl (C=O) groups is 2. The first kappa shape index (κ1) is 20.0. The fraction of sp³-hybridized carbons (Fsp3) is 0.333. The second kappa shape index (κ2) is 8.61. The van der Waals surface area contributed by atoms with E-state index < -0.39 is 12.1 Å². The van der Waals surface area contributed by atoms with E-state index in [1.165, 1.54) is 0 Å². The molecule has 2 aromatic carbocycles. The van der Waals surface area contributed by atoms with Crippen LogP contribution in [0.2, 0.25) is 0 Å². The molecule has 156 valence electrons. The number of aryl methyl sites for hydroxylation is 1. The van der Waals surface area contributed by atoms with Crippen molar-refractivity contribution in [2.75, 3.05) is 31.1 Å². The maximum atomic E-state index is 12.7. The number of amides is 1. The van der Waals surface area contributed by atoms with Gasteiger partial charge in [-0.3, -0.25) is 9.59 Å². The van der Waals surface area contributed by atoms with Crippen LogP contribution in [0.1, 0.15) is 18.1 Å². The summed E-state index contributed by atoms with van der Waals surface area (Å²) in [6.07, 6.45) is 0.858. The number of piperazine rings is 1. The Kier molecular flexibility index (Phi) is 5.74. The predicted octanol–water partition coefficient (Wildman–Crippen LogP) is 3.56. The average Bonchev–Trinajstić information content (AvgIpc) is 3.15. The summed E-state index contributed by atoms with van der Waals surface area (Å²) in [4.78, 5) is 29.2. The highest BCUT2D eigenvalue weighted by Gasteiger charge is 2.27. The molecule has 1 atom stereocenters. The highest BCUT2D eigenvalue weighted by molar-refractivity contribution is 5.88. The van der Waals surface area contributed by atoms with Gasteiger partial charge in [-0.25, -0.2) is 0 Å². The van der Waals surface area contributed by atoms with Crippen LogP contribution in [0.5, 0.6) is 0 Å². The summed E-state index contributed by atoms with van der Waals surface area (Å²) in [6.45, 7) is 6.37. The summed E-state index contributed by atoms with van der Waals surface area (Å²) in [5, 5.41) is 0.897. The number of carbonyl (C=O) groups excluding carboxylic acids is 2. The highest BCUT2D eigenvalue weighted by Crippen LogP contribution is 2.23. The van der Waals surface area contributed by atoms with Crippen molar-refractivity contribution in [3.8, 4) is 0 Å². The number of para-hydroxylation sites is 1. The molecule has 0 spiro atoms. The predicted molar refractivity (Wildman–Crippen MR) is 115 cm³/mol. The quantitative estimate of drug-likeness (QED) is 0.606. The van der Waals surface area contributed by atoms with Crippen molar-refractivity contribution in [1.82, 2.24) is 4.90 Å². The summed E-state index contributed by atoms with van der Waals surface area (Å²) in [5.41, 5.74) is 3.77. The zero-order valence-corrected chi connectivity index (χ0v) is 17.3. The van der Waals surface area contributed by atoms with Gasteiger partial charge in [-0.15, -0.1) is 0 Å². The van der Waals surface area contributed by atoms with Crippen molar-refractivity contribution in [2.45, 2.75) is 26.4 Å². The summed E-state index contributed by atoms with van der Waals surface area (Å²) in [7, 11) is 0. The largest absolute Gasteiger partial charge is 0.464 e.